The van der Waals surface area contributed by atoms with Gasteiger partial charge < -0.3 is 24.7 Å². The first kappa shape index (κ1) is 20.8. The van der Waals surface area contributed by atoms with Gasteiger partial charge in [-0.2, -0.15) is 0 Å². The maximum absolute atomic E-state index is 14.9. The average Bonchev–Trinajstić information content (AvgIpc) is 2.84. The zero-order valence-electron chi connectivity index (χ0n) is 17.8. The highest BCUT2D eigenvalue weighted by atomic mass is 19.1. The molecule has 1 aliphatic rings. The maximum Gasteiger partial charge on any atom is 0.316 e. The quantitative estimate of drug-likeness (QED) is 0.480. The van der Waals surface area contributed by atoms with E-state index in [0.29, 0.717) is 65.5 Å². The van der Waals surface area contributed by atoms with Crippen molar-refractivity contribution in [2.75, 3.05) is 43.6 Å². The van der Waals surface area contributed by atoms with Gasteiger partial charge in [-0.3, -0.25) is 4.79 Å². The molecule has 1 saturated heterocycles. The number of nitrogens with zero attached hydrogens (tertiary/aromatic N) is 4. The second-order valence-electron chi connectivity index (χ2n) is 7.48. The van der Waals surface area contributed by atoms with Crippen LogP contribution in [-0.4, -0.2) is 53.3 Å². The number of hydrogen-bond donors (Lipinski definition) is 2. The molecular weight excluding hydrogens is 427 g/mol. The van der Waals surface area contributed by atoms with E-state index >= 15 is 0 Å². The summed E-state index contributed by atoms with van der Waals surface area (Å²) in [5.74, 6) is -0.0569. The first-order chi connectivity index (χ1) is 16.1. The van der Waals surface area contributed by atoms with Crippen molar-refractivity contribution in [2.24, 2.45) is 0 Å². The van der Waals surface area contributed by atoms with Crippen LogP contribution in [0.2, 0.25) is 0 Å². The van der Waals surface area contributed by atoms with Gasteiger partial charge in [-0.1, -0.05) is 0 Å². The van der Waals surface area contributed by atoms with E-state index in [1.165, 1.54) is 13.2 Å². The van der Waals surface area contributed by atoms with Gasteiger partial charge in [0.15, 0.2) is 0 Å². The van der Waals surface area contributed by atoms with E-state index in [9.17, 15) is 9.18 Å². The van der Waals surface area contributed by atoms with Crippen molar-refractivity contribution in [1.82, 2.24) is 19.9 Å². The Hall–Kier alpha value is -4.05. The second-order valence-corrected chi connectivity index (χ2v) is 7.48. The number of nitrogens with one attached hydrogen (secondary N) is 2. The number of ether oxygens (including phenoxy) is 2. The van der Waals surface area contributed by atoms with Gasteiger partial charge in [0.25, 0.3) is 5.56 Å². The molecule has 0 radical (unpaired) electrons. The predicted octanol–water partition coefficient (Wildman–Crippen LogP) is 3.11. The molecule has 33 heavy (non-hydrogen) atoms. The smallest absolute Gasteiger partial charge is 0.316 e. The molecule has 0 aliphatic carbocycles. The number of morpholine rings is 1. The van der Waals surface area contributed by atoms with Crippen molar-refractivity contribution in [3.8, 4) is 17.3 Å². The lowest BCUT2D eigenvalue weighted by Crippen LogP contribution is -2.36. The number of hydrogen-bond acceptors (Lipinski definition) is 8. The minimum Gasteiger partial charge on any atom is -0.467 e. The van der Waals surface area contributed by atoms with Crippen molar-refractivity contribution >= 4 is 28.0 Å². The Labute approximate surface area is 188 Å². The second kappa shape index (κ2) is 8.83. The third-order valence-electron chi connectivity index (χ3n) is 5.42. The monoisotopic (exact) mass is 448 g/mol. The average molecular weight is 448 g/mol. The van der Waals surface area contributed by atoms with E-state index in [2.05, 4.69) is 25.3 Å². The van der Waals surface area contributed by atoms with Gasteiger partial charge in [0.2, 0.25) is 0 Å². The first-order valence-electron chi connectivity index (χ1n) is 10.4. The minimum absolute atomic E-state index is 0.241. The molecule has 10 heteroatoms. The summed E-state index contributed by atoms with van der Waals surface area (Å²) in [5.41, 5.74) is 1.90. The first-order valence-corrected chi connectivity index (χ1v) is 10.4. The Kier molecular flexibility index (Phi) is 5.57. The SMILES string of the molecule is COc1ncc(-c2cc3cc[nH]c(=O)c3c(Nc3ccc(N4CCOCC4)c(F)c3)n2)cn1. The maximum atomic E-state index is 14.9. The molecule has 1 aliphatic heterocycles. The van der Waals surface area contributed by atoms with Crippen LogP contribution in [0.25, 0.3) is 22.0 Å². The topological polar surface area (TPSA) is 105 Å². The molecule has 4 heterocycles. The van der Waals surface area contributed by atoms with E-state index in [1.54, 1.807) is 42.9 Å². The van der Waals surface area contributed by atoms with Gasteiger partial charge in [0.05, 0.1) is 37.1 Å². The molecule has 168 valence electrons. The molecule has 0 atom stereocenters. The highest BCUT2D eigenvalue weighted by Gasteiger charge is 2.17. The molecule has 3 aromatic heterocycles. The third kappa shape index (κ3) is 4.20. The molecule has 0 unspecified atom stereocenters. The Morgan fingerprint density at radius 3 is 2.67 bits per heavy atom. The van der Waals surface area contributed by atoms with Crippen LogP contribution in [0.5, 0.6) is 6.01 Å². The van der Waals surface area contributed by atoms with E-state index in [0.717, 1.165) is 0 Å². The van der Waals surface area contributed by atoms with Gasteiger partial charge in [-0.15, -0.1) is 0 Å². The summed E-state index contributed by atoms with van der Waals surface area (Å²) >= 11 is 0. The number of methoxy groups -OCH3 is 1. The van der Waals surface area contributed by atoms with E-state index in [4.69, 9.17) is 9.47 Å². The molecule has 1 fully saturated rings. The molecule has 4 aromatic rings. The van der Waals surface area contributed by atoms with E-state index in [1.807, 2.05) is 4.90 Å². The third-order valence-corrected chi connectivity index (χ3v) is 5.42. The van der Waals surface area contributed by atoms with Gasteiger partial charge >= 0.3 is 6.01 Å². The van der Waals surface area contributed by atoms with Crippen LogP contribution in [-0.2, 0) is 4.74 Å². The van der Waals surface area contributed by atoms with Gasteiger partial charge in [0.1, 0.15) is 11.6 Å². The Balaban J connectivity index is 1.54. The van der Waals surface area contributed by atoms with Crippen molar-refractivity contribution in [3.63, 3.8) is 0 Å². The fourth-order valence-electron chi connectivity index (χ4n) is 3.79. The van der Waals surface area contributed by atoms with Crippen molar-refractivity contribution in [1.29, 1.82) is 0 Å². The van der Waals surface area contributed by atoms with Crippen LogP contribution in [0, 0.1) is 5.82 Å². The number of rotatable bonds is 5. The highest BCUT2D eigenvalue weighted by Crippen LogP contribution is 2.29. The van der Waals surface area contributed by atoms with Crippen molar-refractivity contribution in [3.05, 3.63) is 65.1 Å². The largest absolute Gasteiger partial charge is 0.467 e. The summed E-state index contributed by atoms with van der Waals surface area (Å²) in [5, 5.41) is 4.15. The number of anilines is 3. The van der Waals surface area contributed by atoms with Crippen molar-refractivity contribution < 1.29 is 13.9 Å². The van der Waals surface area contributed by atoms with Crippen LogP contribution in [0.1, 0.15) is 0 Å². The Morgan fingerprint density at radius 2 is 1.94 bits per heavy atom. The fourth-order valence-corrected chi connectivity index (χ4v) is 3.79. The number of benzene rings is 1. The highest BCUT2D eigenvalue weighted by molar-refractivity contribution is 5.95. The van der Waals surface area contributed by atoms with Crippen LogP contribution in [0.4, 0.5) is 21.6 Å². The van der Waals surface area contributed by atoms with Crippen molar-refractivity contribution in [2.45, 2.75) is 0 Å². The van der Waals surface area contributed by atoms with E-state index in [-0.39, 0.29) is 17.4 Å². The summed E-state index contributed by atoms with van der Waals surface area (Å²) in [7, 11) is 1.49. The van der Waals surface area contributed by atoms with Crippen LogP contribution < -0.4 is 20.5 Å². The lowest BCUT2D eigenvalue weighted by molar-refractivity contribution is 0.122. The molecule has 0 bridgehead atoms. The molecule has 2 N–H and O–H groups in total. The summed E-state index contributed by atoms with van der Waals surface area (Å²) in [6, 6.07) is 8.68. The van der Waals surface area contributed by atoms with Gasteiger partial charge in [0, 0.05) is 42.9 Å². The summed E-state index contributed by atoms with van der Waals surface area (Å²) in [4.78, 5) is 30.1. The molecule has 0 saturated carbocycles. The number of H-pyrrole nitrogens is 1. The summed E-state index contributed by atoms with van der Waals surface area (Å²) in [6.07, 6.45) is 4.75. The van der Waals surface area contributed by atoms with Crippen LogP contribution in [0.15, 0.2) is 53.7 Å². The molecule has 1 aromatic carbocycles. The lowest BCUT2D eigenvalue weighted by Gasteiger charge is -2.29. The number of aromatic nitrogens is 4. The summed E-state index contributed by atoms with van der Waals surface area (Å²) < 4.78 is 25.3. The predicted molar refractivity (Wildman–Crippen MR) is 123 cm³/mol. The van der Waals surface area contributed by atoms with Gasteiger partial charge in [-0.05, 0) is 35.7 Å². The number of fused-ring (bicyclic) bond motifs is 1. The Morgan fingerprint density at radius 1 is 1.15 bits per heavy atom. The molecule has 0 spiro atoms. The minimum atomic E-state index is -0.361. The molecule has 0 amide bonds. The molecular formula is C23H21FN6O3. The normalized spacial score (nSPS) is 13.8. The Bertz CT molecular complexity index is 1350. The number of aromatic amines is 1. The van der Waals surface area contributed by atoms with Crippen LogP contribution >= 0.6 is 0 Å². The fraction of sp³-hybridized carbons (Fsp3) is 0.217. The van der Waals surface area contributed by atoms with E-state index < -0.39 is 0 Å². The van der Waals surface area contributed by atoms with Crippen LogP contribution in [0.3, 0.4) is 0 Å². The zero-order valence-corrected chi connectivity index (χ0v) is 17.8. The summed E-state index contributed by atoms with van der Waals surface area (Å²) in [6.45, 7) is 2.41. The molecule has 5 rings (SSSR count). The van der Waals surface area contributed by atoms with Gasteiger partial charge in [-0.25, -0.2) is 19.3 Å². The zero-order chi connectivity index (χ0) is 22.8. The lowest BCUT2D eigenvalue weighted by atomic mass is 10.1. The number of pyridine rings is 2. The molecule has 9 nitrogen and oxygen atoms in total. The standard InChI is InChI=1S/C23H21FN6O3/c1-32-23-26-12-15(13-27-23)18-10-14-4-5-25-22(31)20(14)21(29-18)28-16-2-3-19(17(24)11-16)30-6-8-33-9-7-30/h2-5,10-13H,6-9H2,1H3,(H,25,31)(H,28,29). The number of halogens is 1.